The van der Waals surface area contributed by atoms with Crippen LogP contribution in [0.4, 0.5) is 5.69 Å². The Morgan fingerprint density at radius 3 is 2.60 bits per heavy atom. The van der Waals surface area contributed by atoms with Crippen LogP contribution >= 0.6 is 23.8 Å². The monoisotopic (exact) mass is 371 g/mol. The third kappa shape index (κ3) is 3.48. The maximum Gasteiger partial charge on any atom is 0.198 e. The van der Waals surface area contributed by atoms with E-state index in [1.54, 1.807) is 0 Å². The molecule has 1 aliphatic heterocycles. The number of hydrogen-bond acceptors (Lipinski definition) is 3. The highest BCUT2D eigenvalue weighted by atomic mass is 35.5. The number of thiocarbonyl (C=S) groups is 1. The van der Waals surface area contributed by atoms with E-state index in [9.17, 15) is 0 Å². The molecule has 1 aromatic heterocycles. The van der Waals surface area contributed by atoms with Crippen LogP contribution in [0, 0.1) is 0 Å². The second-order valence-corrected chi connectivity index (χ2v) is 6.99. The lowest BCUT2D eigenvalue weighted by molar-refractivity contribution is 0.290. The number of likely N-dealkylation sites (tertiary alicyclic amines) is 1. The van der Waals surface area contributed by atoms with Gasteiger partial charge in [-0.3, -0.25) is 0 Å². The number of rotatable bonds is 2. The summed E-state index contributed by atoms with van der Waals surface area (Å²) in [7, 11) is 0. The van der Waals surface area contributed by atoms with Gasteiger partial charge in [-0.15, -0.1) is 0 Å². The van der Waals surface area contributed by atoms with Gasteiger partial charge >= 0.3 is 0 Å². The van der Waals surface area contributed by atoms with Crippen LogP contribution < -0.4 is 5.32 Å². The average Bonchev–Trinajstić information content (AvgIpc) is 3.08. The summed E-state index contributed by atoms with van der Waals surface area (Å²) in [6.45, 7) is 1.75. The van der Waals surface area contributed by atoms with Gasteiger partial charge in [0.15, 0.2) is 16.6 Å². The minimum Gasteiger partial charge on any atom is -0.440 e. The number of anilines is 1. The Bertz CT molecular complexity index is 869. The standard InChI is InChI=1S/C19H18ClN3OS/c20-14-5-1-2-6-15(14)22-19(25)23-11-9-13(10-12-23)18-21-16-7-3-4-8-17(16)24-18/h1-8,13H,9-12H2,(H,22,25). The Morgan fingerprint density at radius 2 is 1.84 bits per heavy atom. The molecule has 25 heavy (non-hydrogen) atoms. The minimum absolute atomic E-state index is 0.340. The third-order valence-electron chi connectivity index (χ3n) is 4.56. The zero-order chi connectivity index (χ0) is 17.2. The van der Waals surface area contributed by atoms with E-state index >= 15 is 0 Å². The number of benzene rings is 2. The zero-order valence-corrected chi connectivity index (χ0v) is 15.2. The first kappa shape index (κ1) is 16.4. The minimum atomic E-state index is 0.340. The van der Waals surface area contributed by atoms with Gasteiger partial charge in [0.25, 0.3) is 0 Å². The van der Waals surface area contributed by atoms with E-state index in [4.69, 9.17) is 28.2 Å². The van der Waals surface area contributed by atoms with E-state index in [2.05, 4.69) is 15.2 Å². The van der Waals surface area contributed by atoms with Crippen LogP contribution in [0.3, 0.4) is 0 Å². The number of halogens is 1. The first-order valence-corrected chi connectivity index (χ1v) is 9.15. The van der Waals surface area contributed by atoms with Crippen molar-refractivity contribution < 1.29 is 4.42 Å². The van der Waals surface area contributed by atoms with Gasteiger partial charge in [-0.1, -0.05) is 35.9 Å². The van der Waals surface area contributed by atoms with Crippen molar-refractivity contribution in [3.05, 3.63) is 59.4 Å². The summed E-state index contributed by atoms with van der Waals surface area (Å²) in [6.07, 6.45) is 1.94. The van der Waals surface area contributed by atoms with Gasteiger partial charge in [0, 0.05) is 19.0 Å². The number of nitrogens with one attached hydrogen (secondary N) is 1. The molecule has 128 valence electrons. The van der Waals surface area contributed by atoms with Crippen molar-refractivity contribution in [1.82, 2.24) is 9.88 Å². The second kappa shape index (κ2) is 7.02. The fraction of sp³-hybridized carbons (Fsp3) is 0.263. The maximum atomic E-state index is 6.19. The lowest BCUT2D eigenvalue weighted by Crippen LogP contribution is -2.40. The molecule has 0 bridgehead atoms. The molecule has 0 spiro atoms. The Balaban J connectivity index is 1.39. The summed E-state index contributed by atoms with van der Waals surface area (Å²) in [6, 6.07) is 15.5. The van der Waals surface area contributed by atoms with Crippen LogP contribution in [-0.4, -0.2) is 28.1 Å². The Hall–Kier alpha value is -2.11. The molecular weight excluding hydrogens is 354 g/mol. The normalized spacial score (nSPS) is 15.5. The molecule has 2 heterocycles. The van der Waals surface area contributed by atoms with Crippen molar-refractivity contribution in [1.29, 1.82) is 0 Å². The number of aromatic nitrogens is 1. The van der Waals surface area contributed by atoms with Crippen molar-refractivity contribution in [3.8, 4) is 0 Å². The fourth-order valence-corrected chi connectivity index (χ4v) is 3.63. The molecule has 0 radical (unpaired) electrons. The quantitative estimate of drug-likeness (QED) is 0.638. The van der Waals surface area contributed by atoms with Gasteiger partial charge < -0.3 is 14.6 Å². The van der Waals surface area contributed by atoms with Gasteiger partial charge in [0.05, 0.1) is 10.7 Å². The SMILES string of the molecule is S=C(Nc1ccccc1Cl)N1CCC(c2nc3ccccc3o2)CC1. The molecule has 0 saturated carbocycles. The Kier molecular flexibility index (Phi) is 4.59. The first-order valence-electron chi connectivity index (χ1n) is 8.36. The summed E-state index contributed by atoms with van der Waals surface area (Å²) in [5.74, 6) is 1.18. The summed E-state index contributed by atoms with van der Waals surface area (Å²) in [5.41, 5.74) is 2.63. The molecule has 4 rings (SSSR count). The molecule has 3 aromatic rings. The van der Waals surface area contributed by atoms with Crippen molar-refractivity contribution in [2.75, 3.05) is 18.4 Å². The maximum absolute atomic E-state index is 6.19. The van der Waals surface area contributed by atoms with E-state index in [-0.39, 0.29) is 0 Å². The number of hydrogen-bond donors (Lipinski definition) is 1. The van der Waals surface area contributed by atoms with Crippen LogP contribution in [0.15, 0.2) is 52.9 Å². The molecule has 0 aliphatic carbocycles. The second-order valence-electron chi connectivity index (χ2n) is 6.19. The number of fused-ring (bicyclic) bond motifs is 1. The Morgan fingerprint density at radius 1 is 1.12 bits per heavy atom. The molecule has 4 nitrogen and oxygen atoms in total. The molecule has 2 aromatic carbocycles. The van der Waals surface area contributed by atoms with Crippen LogP contribution in [0.1, 0.15) is 24.7 Å². The molecule has 1 fully saturated rings. The van der Waals surface area contributed by atoms with Gasteiger partial charge in [0.1, 0.15) is 5.52 Å². The molecule has 0 unspecified atom stereocenters. The number of piperidine rings is 1. The predicted molar refractivity (Wildman–Crippen MR) is 105 cm³/mol. The van der Waals surface area contributed by atoms with Crippen LogP contribution in [0.25, 0.3) is 11.1 Å². The summed E-state index contributed by atoms with van der Waals surface area (Å²) >= 11 is 11.7. The van der Waals surface area contributed by atoms with Gasteiger partial charge in [-0.2, -0.15) is 0 Å². The highest BCUT2D eigenvalue weighted by Crippen LogP contribution is 2.30. The van der Waals surface area contributed by atoms with Gasteiger partial charge in [-0.25, -0.2) is 4.98 Å². The average molecular weight is 372 g/mol. The number of para-hydroxylation sites is 3. The molecule has 1 N–H and O–H groups in total. The van der Waals surface area contributed by atoms with E-state index in [0.717, 1.165) is 48.6 Å². The number of nitrogens with zero attached hydrogens (tertiary/aromatic N) is 2. The topological polar surface area (TPSA) is 41.3 Å². The molecular formula is C19H18ClN3OS. The number of oxazole rings is 1. The largest absolute Gasteiger partial charge is 0.440 e. The van der Waals surface area contributed by atoms with Crippen LogP contribution in [0.5, 0.6) is 0 Å². The van der Waals surface area contributed by atoms with E-state index < -0.39 is 0 Å². The summed E-state index contributed by atoms with van der Waals surface area (Å²) in [4.78, 5) is 6.81. The van der Waals surface area contributed by atoms with E-state index in [1.807, 2.05) is 48.5 Å². The molecule has 1 saturated heterocycles. The summed E-state index contributed by atoms with van der Waals surface area (Å²) in [5, 5.41) is 4.63. The molecule has 0 atom stereocenters. The lowest BCUT2D eigenvalue weighted by atomic mass is 9.97. The first-order chi connectivity index (χ1) is 12.2. The van der Waals surface area contributed by atoms with E-state index in [1.165, 1.54) is 0 Å². The van der Waals surface area contributed by atoms with Crippen LogP contribution in [-0.2, 0) is 0 Å². The predicted octanol–water partition coefficient (Wildman–Crippen LogP) is 5.06. The van der Waals surface area contributed by atoms with Crippen molar-refractivity contribution in [2.45, 2.75) is 18.8 Å². The third-order valence-corrected chi connectivity index (χ3v) is 5.25. The Labute approximate surface area is 156 Å². The zero-order valence-electron chi connectivity index (χ0n) is 13.6. The van der Waals surface area contributed by atoms with E-state index in [0.29, 0.717) is 16.1 Å². The fourth-order valence-electron chi connectivity index (χ4n) is 3.15. The molecule has 0 amide bonds. The van der Waals surface area contributed by atoms with Gasteiger partial charge in [0.2, 0.25) is 0 Å². The van der Waals surface area contributed by atoms with Crippen LogP contribution in [0.2, 0.25) is 5.02 Å². The van der Waals surface area contributed by atoms with Crippen molar-refractivity contribution >= 4 is 45.7 Å². The summed E-state index contributed by atoms with van der Waals surface area (Å²) < 4.78 is 5.92. The van der Waals surface area contributed by atoms with Crippen molar-refractivity contribution in [2.24, 2.45) is 0 Å². The lowest BCUT2D eigenvalue weighted by Gasteiger charge is -2.32. The highest BCUT2D eigenvalue weighted by molar-refractivity contribution is 7.80. The molecule has 1 aliphatic rings. The smallest absolute Gasteiger partial charge is 0.198 e. The van der Waals surface area contributed by atoms with Crippen molar-refractivity contribution in [3.63, 3.8) is 0 Å². The van der Waals surface area contributed by atoms with Gasteiger partial charge in [-0.05, 0) is 49.3 Å². The highest BCUT2D eigenvalue weighted by Gasteiger charge is 2.26. The molecule has 6 heteroatoms.